The summed E-state index contributed by atoms with van der Waals surface area (Å²) < 4.78 is 5.16. The maximum atomic E-state index is 11.7. The summed E-state index contributed by atoms with van der Waals surface area (Å²) in [6, 6.07) is 14.3. The van der Waals surface area contributed by atoms with Crippen LogP contribution < -0.4 is 10.5 Å². The number of hydrogen-bond donors (Lipinski definition) is 2. The molecule has 0 unspecified atom stereocenters. The monoisotopic (exact) mass is 280 g/mol. The highest BCUT2D eigenvalue weighted by Crippen LogP contribution is 2.12. The van der Waals surface area contributed by atoms with E-state index < -0.39 is 5.97 Å². The molecule has 0 bridgehead atoms. The zero-order chi connectivity index (χ0) is 15.2. The summed E-state index contributed by atoms with van der Waals surface area (Å²) in [7, 11) is 0. The number of hydrogen-bond acceptors (Lipinski definition) is 3. The van der Waals surface area contributed by atoms with E-state index in [1.807, 2.05) is 31.2 Å². The highest BCUT2D eigenvalue weighted by molar-refractivity contribution is 5.95. The SMILES string of the molecule is Cc1ccc(/C=C/C(=O)Oc2ccc(C(=N)N)cc2)cc1. The molecule has 2 aromatic rings. The van der Waals surface area contributed by atoms with Crippen LogP contribution in [0.25, 0.3) is 6.08 Å². The summed E-state index contributed by atoms with van der Waals surface area (Å²) >= 11 is 0. The first-order chi connectivity index (χ1) is 10.0. The Bertz CT molecular complexity index is 671. The maximum absolute atomic E-state index is 11.7. The van der Waals surface area contributed by atoms with Crippen molar-refractivity contribution in [2.45, 2.75) is 6.92 Å². The molecule has 0 fully saturated rings. The van der Waals surface area contributed by atoms with Crippen LogP contribution in [0, 0.1) is 12.3 Å². The fourth-order valence-electron chi connectivity index (χ4n) is 1.69. The Morgan fingerprint density at radius 3 is 2.29 bits per heavy atom. The molecule has 0 aliphatic rings. The van der Waals surface area contributed by atoms with Crippen LogP contribution in [-0.2, 0) is 4.79 Å². The molecule has 2 rings (SSSR count). The number of nitrogens with one attached hydrogen (secondary N) is 1. The number of carbonyl (C=O) groups is 1. The molecule has 0 radical (unpaired) electrons. The third-order valence-corrected chi connectivity index (χ3v) is 2.87. The van der Waals surface area contributed by atoms with Crippen LogP contribution in [0.4, 0.5) is 0 Å². The van der Waals surface area contributed by atoms with Crippen LogP contribution in [0.3, 0.4) is 0 Å². The average Bonchev–Trinajstić information content (AvgIpc) is 2.47. The van der Waals surface area contributed by atoms with Crippen LogP contribution in [-0.4, -0.2) is 11.8 Å². The molecular formula is C17H16N2O2. The molecule has 0 amide bonds. The molecule has 0 aliphatic heterocycles. The lowest BCUT2D eigenvalue weighted by atomic mass is 10.1. The van der Waals surface area contributed by atoms with Crippen LogP contribution in [0.2, 0.25) is 0 Å². The lowest BCUT2D eigenvalue weighted by molar-refractivity contribution is -0.128. The molecule has 4 nitrogen and oxygen atoms in total. The van der Waals surface area contributed by atoms with E-state index >= 15 is 0 Å². The Morgan fingerprint density at radius 2 is 1.71 bits per heavy atom. The third kappa shape index (κ3) is 4.31. The first kappa shape index (κ1) is 14.5. The van der Waals surface area contributed by atoms with E-state index in [2.05, 4.69) is 0 Å². The molecule has 0 aliphatic carbocycles. The van der Waals surface area contributed by atoms with Crippen LogP contribution in [0.1, 0.15) is 16.7 Å². The van der Waals surface area contributed by atoms with E-state index in [1.54, 1.807) is 30.3 Å². The molecule has 0 heterocycles. The van der Waals surface area contributed by atoms with Gasteiger partial charge in [-0.3, -0.25) is 5.41 Å². The summed E-state index contributed by atoms with van der Waals surface area (Å²) in [6.45, 7) is 2.01. The molecule has 0 saturated carbocycles. The number of esters is 1. The maximum Gasteiger partial charge on any atom is 0.336 e. The van der Waals surface area contributed by atoms with Gasteiger partial charge >= 0.3 is 5.97 Å². The predicted octanol–water partition coefficient (Wildman–Crippen LogP) is 2.90. The van der Waals surface area contributed by atoms with Gasteiger partial charge in [0.25, 0.3) is 0 Å². The van der Waals surface area contributed by atoms with Crippen molar-refractivity contribution in [1.82, 2.24) is 0 Å². The number of ether oxygens (including phenoxy) is 1. The van der Waals surface area contributed by atoms with E-state index in [1.165, 1.54) is 11.6 Å². The smallest absolute Gasteiger partial charge is 0.336 e. The summed E-state index contributed by atoms with van der Waals surface area (Å²) in [4.78, 5) is 11.7. The van der Waals surface area contributed by atoms with Crippen LogP contribution in [0.15, 0.2) is 54.6 Å². The van der Waals surface area contributed by atoms with Crippen molar-refractivity contribution in [3.8, 4) is 5.75 Å². The van der Waals surface area contributed by atoms with Gasteiger partial charge in [0.15, 0.2) is 0 Å². The topological polar surface area (TPSA) is 76.2 Å². The molecule has 21 heavy (non-hydrogen) atoms. The van der Waals surface area contributed by atoms with E-state index in [-0.39, 0.29) is 5.84 Å². The van der Waals surface area contributed by atoms with E-state index in [0.717, 1.165) is 5.56 Å². The fourth-order valence-corrected chi connectivity index (χ4v) is 1.69. The van der Waals surface area contributed by atoms with Crippen molar-refractivity contribution in [3.63, 3.8) is 0 Å². The molecule has 3 N–H and O–H groups in total. The summed E-state index contributed by atoms with van der Waals surface area (Å²) in [6.07, 6.45) is 3.08. The molecule has 0 aromatic heterocycles. The van der Waals surface area contributed by atoms with Crippen LogP contribution in [0.5, 0.6) is 5.75 Å². The van der Waals surface area contributed by atoms with Crippen molar-refractivity contribution in [2.24, 2.45) is 5.73 Å². The number of nitrogen functional groups attached to an aromatic ring is 1. The molecule has 0 atom stereocenters. The van der Waals surface area contributed by atoms with Gasteiger partial charge in [-0.15, -0.1) is 0 Å². The van der Waals surface area contributed by atoms with Gasteiger partial charge in [-0.25, -0.2) is 4.79 Å². The molecule has 2 aromatic carbocycles. The zero-order valence-corrected chi connectivity index (χ0v) is 11.7. The van der Waals surface area contributed by atoms with Crippen LogP contribution >= 0.6 is 0 Å². The van der Waals surface area contributed by atoms with Gasteiger partial charge in [0.1, 0.15) is 11.6 Å². The van der Waals surface area contributed by atoms with Crippen molar-refractivity contribution in [2.75, 3.05) is 0 Å². The lowest BCUT2D eigenvalue weighted by Gasteiger charge is -2.02. The van der Waals surface area contributed by atoms with E-state index in [4.69, 9.17) is 15.9 Å². The Kier molecular flexibility index (Phi) is 4.51. The predicted molar refractivity (Wildman–Crippen MR) is 83.3 cm³/mol. The third-order valence-electron chi connectivity index (χ3n) is 2.87. The summed E-state index contributed by atoms with van der Waals surface area (Å²) in [5.41, 5.74) is 8.04. The number of carbonyl (C=O) groups excluding carboxylic acids is 1. The minimum absolute atomic E-state index is 0.0212. The first-order valence-corrected chi connectivity index (χ1v) is 6.45. The molecular weight excluding hydrogens is 264 g/mol. The lowest BCUT2D eigenvalue weighted by Crippen LogP contribution is -2.11. The molecule has 106 valence electrons. The first-order valence-electron chi connectivity index (χ1n) is 6.45. The van der Waals surface area contributed by atoms with Crippen molar-refractivity contribution in [1.29, 1.82) is 5.41 Å². The fraction of sp³-hybridized carbons (Fsp3) is 0.0588. The van der Waals surface area contributed by atoms with Gasteiger partial charge in [-0.1, -0.05) is 29.8 Å². The highest BCUT2D eigenvalue weighted by Gasteiger charge is 2.02. The van der Waals surface area contributed by atoms with Crippen molar-refractivity contribution < 1.29 is 9.53 Å². The van der Waals surface area contributed by atoms with E-state index in [9.17, 15) is 4.79 Å². The summed E-state index contributed by atoms with van der Waals surface area (Å²) in [5.74, 6) is -0.0585. The standard InChI is InChI=1S/C17H16N2O2/c1-12-2-4-13(5-3-12)6-11-16(20)21-15-9-7-14(8-10-15)17(18)19/h2-11H,1H3,(H3,18,19)/b11-6+. The van der Waals surface area contributed by atoms with Gasteiger partial charge in [0, 0.05) is 11.6 Å². The molecule has 0 spiro atoms. The highest BCUT2D eigenvalue weighted by atomic mass is 16.5. The number of benzene rings is 2. The largest absolute Gasteiger partial charge is 0.423 e. The zero-order valence-electron chi connectivity index (χ0n) is 11.7. The minimum Gasteiger partial charge on any atom is -0.423 e. The van der Waals surface area contributed by atoms with Crippen molar-refractivity contribution in [3.05, 3.63) is 71.3 Å². The Balaban J connectivity index is 1.98. The number of aryl methyl sites for hydroxylation is 1. The molecule has 0 saturated heterocycles. The minimum atomic E-state index is -0.453. The number of rotatable bonds is 4. The second-order valence-corrected chi connectivity index (χ2v) is 4.60. The van der Waals surface area contributed by atoms with Gasteiger partial charge in [-0.05, 0) is 42.8 Å². The van der Waals surface area contributed by atoms with Crippen molar-refractivity contribution >= 4 is 17.9 Å². The quantitative estimate of drug-likeness (QED) is 0.297. The second-order valence-electron chi connectivity index (χ2n) is 4.60. The Hall–Kier alpha value is -2.88. The van der Waals surface area contributed by atoms with Gasteiger partial charge in [-0.2, -0.15) is 0 Å². The summed E-state index contributed by atoms with van der Waals surface area (Å²) in [5, 5.41) is 7.28. The van der Waals surface area contributed by atoms with Gasteiger partial charge < -0.3 is 10.5 Å². The Labute approximate surface area is 123 Å². The number of amidine groups is 1. The van der Waals surface area contributed by atoms with Gasteiger partial charge in [0.2, 0.25) is 0 Å². The second kappa shape index (κ2) is 6.52. The molecule has 4 heteroatoms. The normalized spacial score (nSPS) is 10.5. The van der Waals surface area contributed by atoms with Gasteiger partial charge in [0.05, 0.1) is 0 Å². The number of nitrogens with two attached hydrogens (primary N) is 1. The Morgan fingerprint density at radius 1 is 1.10 bits per heavy atom. The average molecular weight is 280 g/mol. The van der Waals surface area contributed by atoms with E-state index in [0.29, 0.717) is 11.3 Å².